The predicted octanol–water partition coefficient (Wildman–Crippen LogP) is 6.52. The molecule has 0 saturated heterocycles. The molecule has 0 aliphatic carbocycles. The van der Waals surface area contributed by atoms with E-state index in [1.165, 1.54) is 30.1 Å². The minimum absolute atomic E-state index is 0.664. The monoisotopic (exact) mass is 365 g/mol. The van der Waals surface area contributed by atoms with Gasteiger partial charge in [0.05, 0.1) is 0 Å². The van der Waals surface area contributed by atoms with E-state index in [0.29, 0.717) is 5.92 Å². The van der Waals surface area contributed by atoms with Gasteiger partial charge in [-0.2, -0.15) is 0 Å². The lowest BCUT2D eigenvalue weighted by atomic mass is 10.0. The molecule has 0 spiro atoms. The number of benzene rings is 1. The highest BCUT2D eigenvalue weighted by Crippen LogP contribution is 2.27. The summed E-state index contributed by atoms with van der Waals surface area (Å²) in [6.07, 6.45) is 1.43. The van der Waals surface area contributed by atoms with Gasteiger partial charge in [0.1, 0.15) is 16.5 Å². The Morgan fingerprint density at radius 1 is 0.826 bits per heavy atom. The van der Waals surface area contributed by atoms with Crippen molar-refractivity contribution in [3.8, 4) is 0 Å². The first-order valence-corrected chi connectivity index (χ1v) is 19.4. The van der Waals surface area contributed by atoms with Crippen LogP contribution < -0.4 is 4.65 Å². The minimum Gasteiger partial charge on any atom is -0.359 e. The van der Waals surface area contributed by atoms with Crippen molar-refractivity contribution in [3.05, 3.63) is 35.9 Å². The van der Waals surface area contributed by atoms with E-state index in [1.807, 2.05) is 0 Å². The molecule has 0 fully saturated rings. The molecule has 1 atom stereocenters. The molecule has 0 heterocycles. The van der Waals surface area contributed by atoms with Gasteiger partial charge in [-0.1, -0.05) is 95.5 Å². The third-order valence-electron chi connectivity index (χ3n) is 4.59. The van der Waals surface area contributed by atoms with Gasteiger partial charge in [-0.15, -0.1) is 0 Å². The summed E-state index contributed by atoms with van der Waals surface area (Å²) in [6.45, 7) is 20.0. The van der Waals surface area contributed by atoms with E-state index >= 15 is 0 Å². The molecule has 0 aliphatic heterocycles. The van der Waals surface area contributed by atoms with Gasteiger partial charge in [0.15, 0.2) is 0 Å². The van der Waals surface area contributed by atoms with Crippen LogP contribution in [-0.4, -0.2) is 24.5 Å². The summed E-state index contributed by atoms with van der Waals surface area (Å²) in [5, 5.41) is 0. The topological polar surface area (TPSA) is 12.0 Å². The Morgan fingerprint density at radius 2 is 1.39 bits per heavy atom. The lowest BCUT2D eigenvalue weighted by Crippen LogP contribution is -2.59. The Morgan fingerprint density at radius 3 is 1.91 bits per heavy atom. The molecular weight excluding hydrogens is 326 g/mol. The average Bonchev–Trinajstić information content (AvgIpc) is 2.35. The molecule has 0 radical (unpaired) electrons. The van der Waals surface area contributed by atoms with Gasteiger partial charge >= 0.3 is 0 Å². The molecule has 1 unspecified atom stereocenters. The number of hydrogen-bond acceptors (Lipinski definition) is 1. The molecule has 0 bridgehead atoms. The van der Waals surface area contributed by atoms with Crippen LogP contribution in [-0.2, 0) is 0 Å². The van der Waals surface area contributed by atoms with Gasteiger partial charge in [-0.3, -0.25) is 0 Å². The van der Waals surface area contributed by atoms with E-state index in [1.54, 1.807) is 0 Å². The second-order valence-electron chi connectivity index (χ2n) is 9.82. The molecule has 1 N–H and O–H groups in total. The molecule has 0 aliphatic rings. The van der Waals surface area contributed by atoms with Gasteiger partial charge in [-0.05, 0) is 23.6 Å². The van der Waals surface area contributed by atoms with Gasteiger partial charge in [0, 0.05) is 8.07 Å². The second-order valence-corrected chi connectivity index (χ2v) is 24.9. The molecule has 1 aromatic rings. The summed E-state index contributed by atoms with van der Waals surface area (Å²) in [4.78, 5) is 0. The van der Waals surface area contributed by atoms with Gasteiger partial charge < -0.3 is 4.65 Å². The van der Waals surface area contributed by atoms with E-state index < -0.39 is 24.5 Å². The van der Waals surface area contributed by atoms with Gasteiger partial charge in [0.2, 0.25) is 0 Å². The SMILES string of the molecule is CC(C[Si](C)(C)N[Si](C)(C)CCC[Si](C)(C)C)c1ccccc1. The molecule has 23 heavy (non-hydrogen) atoms. The maximum atomic E-state index is 4.21. The molecule has 1 aromatic carbocycles. The molecule has 0 saturated carbocycles. The number of nitrogens with one attached hydrogen (secondary N) is 1. The van der Waals surface area contributed by atoms with Crippen LogP contribution in [0.1, 0.15) is 24.8 Å². The van der Waals surface area contributed by atoms with Crippen LogP contribution in [0.15, 0.2) is 30.3 Å². The first kappa shape index (κ1) is 20.9. The maximum Gasteiger partial charge on any atom is 0.113 e. The predicted molar refractivity (Wildman–Crippen MR) is 115 cm³/mol. The van der Waals surface area contributed by atoms with Crippen LogP contribution in [0, 0.1) is 0 Å². The van der Waals surface area contributed by atoms with Crippen LogP contribution in [0.3, 0.4) is 0 Å². The Hall–Kier alpha value is -0.169. The normalized spacial score (nSPS) is 14.8. The van der Waals surface area contributed by atoms with Crippen molar-refractivity contribution < 1.29 is 0 Å². The van der Waals surface area contributed by atoms with Crippen molar-refractivity contribution in [2.45, 2.75) is 83.2 Å². The first-order chi connectivity index (χ1) is 10.4. The summed E-state index contributed by atoms with van der Waals surface area (Å²) >= 11 is 0. The maximum absolute atomic E-state index is 4.21. The summed E-state index contributed by atoms with van der Waals surface area (Å²) in [7, 11) is -3.51. The highest BCUT2D eigenvalue weighted by Gasteiger charge is 2.32. The van der Waals surface area contributed by atoms with E-state index in [4.69, 9.17) is 0 Å². The fraction of sp³-hybridized carbons (Fsp3) is 0.684. The lowest BCUT2D eigenvalue weighted by molar-refractivity contribution is 0.835. The highest BCUT2D eigenvalue weighted by molar-refractivity contribution is 6.91. The molecule has 4 heteroatoms. The first-order valence-electron chi connectivity index (χ1n) is 9.25. The zero-order valence-corrected chi connectivity index (χ0v) is 19.8. The zero-order chi connectivity index (χ0) is 17.7. The lowest BCUT2D eigenvalue weighted by Gasteiger charge is -2.36. The fourth-order valence-electron chi connectivity index (χ4n) is 3.76. The van der Waals surface area contributed by atoms with Crippen LogP contribution in [0.4, 0.5) is 0 Å². The highest BCUT2D eigenvalue weighted by atomic mass is 28.4. The van der Waals surface area contributed by atoms with Crippen molar-refractivity contribution in [3.63, 3.8) is 0 Å². The molecule has 1 nitrogen and oxygen atoms in total. The molecule has 0 aromatic heterocycles. The van der Waals surface area contributed by atoms with Crippen molar-refractivity contribution in [2.24, 2.45) is 0 Å². The van der Waals surface area contributed by atoms with Crippen LogP contribution in [0.5, 0.6) is 0 Å². The number of hydrogen-bond donors (Lipinski definition) is 1. The summed E-state index contributed by atoms with van der Waals surface area (Å²) in [5.74, 6) is 0.664. The fourth-order valence-corrected chi connectivity index (χ4v) is 16.4. The standard InChI is InChI=1S/C19H39NSi3/c1-18(19-13-10-9-11-14-19)17-23(7,8)20-22(5,6)16-12-15-21(2,3)4/h9-11,13-14,18,20H,12,15-17H2,1-8H3. The third-order valence-corrected chi connectivity index (χ3v) is 15.1. The molecule has 1 rings (SSSR count). The molecule has 132 valence electrons. The molecule has 0 amide bonds. The van der Waals surface area contributed by atoms with E-state index in [9.17, 15) is 0 Å². The average molecular weight is 366 g/mol. The quantitative estimate of drug-likeness (QED) is 0.491. The van der Waals surface area contributed by atoms with Crippen LogP contribution in [0.25, 0.3) is 0 Å². The summed E-state index contributed by atoms with van der Waals surface area (Å²) in [5.41, 5.74) is 1.49. The van der Waals surface area contributed by atoms with E-state index in [0.717, 1.165) is 0 Å². The largest absolute Gasteiger partial charge is 0.359 e. The van der Waals surface area contributed by atoms with E-state index in [-0.39, 0.29) is 0 Å². The van der Waals surface area contributed by atoms with Crippen LogP contribution in [0.2, 0.25) is 64.0 Å². The Kier molecular flexibility index (Phi) is 7.51. The van der Waals surface area contributed by atoms with Crippen molar-refractivity contribution >= 4 is 24.5 Å². The van der Waals surface area contributed by atoms with Gasteiger partial charge in [0.25, 0.3) is 0 Å². The molecular formula is C19H39NSi3. The summed E-state index contributed by atoms with van der Waals surface area (Å²) < 4.78 is 4.21. The van der Waals surface area contributed by atoms with E-state index in [2.05, 4.69) is 87.7 Å². The zero-order valence-electron chi connectivity index (χ0n) is 16.8. The summed E-state index contributed by atoms with van der Waals surface area (Å²) in [6, 6.07) is 15.3. The Balaban J connectivity index is 2.55. The van der Waals surface area contributed by atoms with Crippen molar-refractivity contribution in [2.75, 3.05) is 0 Å². The smallest absolute Gasteiger partial charge is 0.113 e. The minimum atomic E-state index is -1.36. The number of rotatable bonds is 9. The van der Waals surface area contributed by atoms with Gasteiger partial charge in [-0.25, -0.2) is 0 Å². The Labute approximate surface area is 148 Å². The second kappa shape index (κ2) is 8.28. The Bertz CT molecular complexity index is 463. The van der Waals surface area contributed by atoms with Crippen molar-refractivity contribution in [1.29, 1.82) is 0 Å². The van der Waals surface area contributed by atoms with Crippen LogP contribution >= 0.6 is 0 Å². The van der Waals surface area contributed by atoms with Crippen molar-refractivity contribution in [1.82, 2.24) is 4.65 Å². The third kappa shape index (κ3) is 9.03.